The molecule has 2 nitrogen and oxygen atoms in total. The van der Waals surface area contributed by atoms with Crippen LogP contribution in [-0.2, 0) is 6.42 Å². The zero-order valence-electron chi connectivity index (χ0n) is 9.27. The highest BCUT2D eigenvalue weighted by molar-refractivity contribution is 9.10. The quantitative estimate of drug-likeness (QED) is 0.823. The summed E-state index contributed by atoms with van der Waals surface area (Å²) >= 11 is 2.92. The molecule has 1 aliphatic rings. The van der Waals surface area contributed by atoms with E-state index in [2.05, 4.69) is 21.2 Å². The Morgan fingerprint density at radius 2 is 2.18 bits per heavy atom. The summed E-state index contributed by atoms with van der Waals surface area (Å²) < 4.78 is 27.3. The van der Waals surface area contributed by atoms with Crippen molar-refractivity contribution in [2.45, 2.75) is 31.7 Å². The molecular formula is C12H14BrF2NO. The fourth-order valence-electron chi connectivity index (χ4n) is 2.15. The summed E-state index contributed by atoms with van der Waals surface area (Å²) in [4.78, 5) is 0. The van der Waals surface area contributed by atoms with Crippen LogP contribution in [0, 0.1) is 11.6 Å². The van der Waals surface area contributed by atoms with Gasteiger partial charge in [0, 0.05) is 17.7 Å². The lowest BCUT2D eigenvalue weighted by Gasteiger charge is -2.24. The van der Waals surface area contributed by atoms with E-state index in [1.54, 1.807) is 0 Å². The molecule has 17 heavy (non-hydrogen) atoms. The highest BCUT2D eigenvalue weighted by atomic mass is 79.9. The van der Waals surface area contributed by atoms with Crippen LogP contribution >= 0.6 is 15.9 Å². The Balaban J connectivity index is 2.22. The van der Waals surface area contributed by atoms with E-state index in [1.165, 1.54) is 0 Å². The van der Waals surface area contributed by atoms with E-state index in [0.717, 1.165) is 31.9 Å². The van der Waals surface area contributed by atoms with E-state index in [1.807, 2.05) is 0 Å². The first-order valence-electron chi connectivity index (χ1n) is 5.68. The van der Waals surface area contributed by atoms with Gasteiger partial charge in [0.15, 0.2) is 0 Å². The number of phenols is 1. The molecule has 94 valence electrons. The van der Waals surface area contributed by atoms with Crippen molar-refractivity contribution < 1.29 is 13.9 Å². The monoisotopic (exact) mass is 305 g/mol. The second kappa shape index (κ2) is 5.31. The largest absolute Gasteiger partial charge is 0.507 e. The molecule has 1 heterocycles. The number of rotatable bonds is 2. The molecule has 0 amide bonds. The van der Waals surface area contributed by atoms with Crippen LogP contribution in [0.5, 0.6) is 5.75 Å². The lowest BCUT2D eigenvalue weighted by molar-refractivity contribution is 0.386. The van der Waals surface area contributed by atoms with E-state index in [-0.39, 0.29) is 16.1 Å². The number of hydrogen-bond donors (Lipinski definition) is 2. The maximum absolute atomic E-state index is 13.8. The van der Waals surface area contributed by atoms with Crippen LogP contribution < -0.4 is 5.32 Å². The molecule has 1 saturated heterocycles. The summed E-state index contributed by atoms with van der Waals surface area (Å²) in [5.74, 6) is -1.79. The second-order valence-electron chi connectivity index (χ2n) is 4.33. The molecule has 1 fully saturated rings. The number of aromatic hydroxyl groups is 1. The van der Waals surface area contributed by atoms with Crippen LogP contribution in [-0.4, -0.2) is 17.7 Å². The van der Waals surface area contributed by atoms with Crippen molar-refractivity contribution in [3.8, 4) is 5.75 Å². The predicted molar refractivity (Wildman–Crippen MR) is 65.1 cm³/mol. The summed E-state index contributed by atoms with van der Waals surface area (Å²) in [6.07, 6.45) is 3.44. The lowest BCUT2D eigenvalue weighted by Crippen LogP contribution is -2.36. The molecule has 0 aliphatic carbocycles. The first kappa shape index (κ1) is 12.8. The molecule has 2 rings (SSSR count). The number of phenolic OH excluding ortho intramolecular Hbond substituents is 1. The highest BCUT2D eigenvalue weighted by Crippen LogP contribution is 2.32. The van der Waals surface area contributed by atoms with Gasteiger partial charge in [0.05, 0.1) is 4.47 Å². The van der Waals surface area contributed by atoms with Crippen molar-refractivity contribution in [1.82, 2.24) is 5.32 Å². The average molecular weight is 306 g/mol. The number of halogens is 3. The SMILES string of the molecule is Oc1cc(F)c(CC2CCCCN2)c(F)c1Br. The molecule has 5 heteroatoms. The summed E-state index contributed by atoms with van der Waals surface area (Å²) in [7, 11) is 0. The third-order valence-electron chi connectivity index (χ3n) is 3.10. The minimum atomic E-state index is -0.699. The van der Waals surface area contributed by atoms with Crippen LogP contribution in [0.1, 0.15) is 24.8 Å². The Labute approximate surface area is 107 Å². The second-order valence-corrected chi connectivity index (χ2v) is 5.13. The summed E-state index contributed by atoms with van der Waals surface area (Å²) in [5.41, 5.74) is 0.0362. The highest BCUT2D eigenvalue weighted by Gasteiger charge is 2.21. The number of piperidine rings is 1. The van der Waals surface area contributed by atoms with Gasteiger partial charge in [-0.25, -0.2) is 8.78 Å². The van der Waals surface area contributed by atoms with Crippen molar-refractivity contribution in [1.29, 1.82) is 0 Å². The van der Waals surface area contributed by atoms with Crippen LogP contribution in [0.4, 0.5) is 8.78 Å². The van der Waals surface area contributed by atoms with E-state index >= 15 is 0 Å². The van der Waals surface area contributed by atoms with Crippen LogP contribution in [0.25, 0.3) is 0 Å². The molecule has 1 atom stereocenters. The van der Waals surface area contributed by atoms with Crippen LogP contribution in [0.15, 0.2) is 10.5 Å². The molecule has 0 bridgehead atoms. The minimum Gasteiger partial charge on any atom is -0.507 e. The van der Waals surface area contributed by atoms with E-state index in [4.69, 9.17) is 0 Å². The van der Waals surface area contributed by atoms with Gasteiger partial charge in [0.1, 0.15) is 17.4 Å². The maximum Gasteiger partial charge on any atom is 0.147 e. The summed E-state index contributed by atoms with van der Waals surface area (Å²) in [6.45, 7) is 0.896. The average Bonchev–Trinajstić information content (AvgIpc) is 2.33. The molecule has 0 aromatic heterocycles. The molecule has 1 aromatic rings. The smallest absolute Gasteiger partial charge is 0.147 e. The third-order valence-corrected chi connectivity index (χ3v) is 3.85. The number of nitrogens with one attached hydrogen (secondary N) is 1. The Bertz CT molecular complexity index is 419. The fourth-order valence-corrected chi connectivity index (χ4v) is 2.51. The third kappa shape index (κ3) is 2.77. The van der Waals surface area contributed by atoms with E-state index in [9.17, 15) is 13.9 Å². The zero-order valence-corrected chi connectivity index (χ0v) is 10.9. The lowest BCUT2D eigenvalue weighted by atomic mass is 9.97. The van der Waals surface area contributed by atoms with E-state index < -0.39 is 17.4 Å². The fraction of sp³-hybridized carbons (Fsp3) is 0.500. The van der Waals surface area contributed by atoms with Crippen molar-refractivity contribution in [2.75, 3.05) is 6.54 Å². The molecule has 1 aliphatic heterocycles. The Morgan fingerprint density at radius 1 is 1.41 bits per heavy atom. The molecule has 1 aromatic carbocycles. The van der Waals surface area contributed by atoms with Gasteiger partial charge in [-0.2, -0.15) is 0 Å². The van der Waals surface area contributed by atoms with Gasteiger partial charge >= 0.3 is 0 Å². The molecule has 0 saturated carbocycles. The van der Waals surface area contributed by atoms with E-state index in [0.29, 0.717) is 6.42 Å². The summed E-state index contributed by atoms with van der Waals surface area (Å²) in [6, 6.07) is 1.06. The van der Waals surface area contributed by atoms with Gasteiger partial charge in [-0.15, -0.1) is 0 Å². The van der Waals surface area contributed by atoms with Gasteiger partial charge in [-0.3, -0.25) is 0 Å². The summed E-state index contributed by atoms with van der Waals surface area (Å²) in [5, 5.41) is 12.5. The standard InChI is InChI=1S/C12H14BrF2NO/c13-11-10(17)6-9(14)8(12(11)15)5-7-3-1-2-4-16-7/h6-7,16-17H,1-5H2. The topological polar surface area (TPSA) is 32.3 Å². The van der Waals surface area contributed by atoms with Crippen LogP contribution in [0.3, 0.4) is 0 Å². The number of hydrogen-bond acceptors (Lipinski definition) is 2. The first-order chi connectivity index (χ1) is 8.09. The van der Waals surface area contributed by atoms with Gasteiger partial charge in [0.2, 0.25) is 0 Å². The van der Waals surface area contributed by atoms with Crippen LogP contribution in [0.2, 0.25) is 0 Å². The van der Waals surface area contributed by atoms with Gasteiger partial charge in [0.25, 0.3) is 0 Å². The Hall–Kier alpha value is -0.680. The van der Waals surface area contributed by atoms with Gasteiger partial charge < -0.3 is 10.4 Å². The van der Waals surface area contributed by atoms with Crippen molar-refractivity contribution in [2.24, 2.45) is 0 Å². The van der Waals surface area contributed by atoms with Gasteiger partial charge in [-0.05, 0) is 41.7 Å². The molecule has 2 N–H and O–H groups in total. The van der Waals surface area contributed by atoms with Crippen molar-refractivity contribution >= 4 is 15.9 Å². The number of benzene rings is 1. The van der Waals surface area contributed by atoms with Crippen molar-refractivity contribution in [3.05, 3.63) is 27.7 Å². The predicted octanol–water partition coefficient (Wildman–Crippen LogP) is 3.12. The molecule has 0 radical (unpaired) electrons. The van der Waals surface area contributed by atoms with Gasteiger partial charge in [-0.1, -0.05) is 6.42 Å². The Morgan fingerprint density at radius 3 is 2.82 bits per heavy atom. The molecule has 0 spiro atoms. The normalized spacial score (nSPS) is 20.5. The minimum absolute atomic E-state index is 0.0362. The maximum atomic E-state index is 13.8. The Kier molecular flexibility index (Phi) is 3.99. The van der Waals surface area contributed by atoms with Crippen molar-refractivity contribution in [3.63, 3.8) is 0 Å². The molecule has 1 unspecified atom stereocenters. The first-order valence-corrected chi connectivity index (χ1v) is 6.47. The molecular weight excluding hydrogens is 292 g/mol. The zero-order chi connectivity index (χ0) is 12.4.